The van der Waals surface area contributed by atoms with Crippen LogP contribution in [0.2, 0.25) is 0 Å². The van der Waals surface area contributed by atoms with Crippen LogP contribution in [-0.4, -0.2) is 31.1 Å². The lowest BCUT2D eigenvalue weighted by Crippen LogP contribution is -2.35. The van der Waals surface area contributed by atoms with Gasteiger partial charge in [0.25, 0.3) is 0 Å². The number of rotatable bonds is 5. The molecule has 4 heteroatoms. The third-order valence-electron chi connectivity index (χ3n) is 5.18. The predicted octanol–water partition coefficient (Wildman–Crippen LogP) is 3.99. The van der Waals surface area contributed by atoms with Crippen molar-refractivity contribution in [3.05, 3.63) is 71.3 Å². The molecule has 4 nitrogen and oxygen atoms in total. The molecule has 0 radical (unpaired) electrons. The van der Waals surface area contributed by atoms with Crippen LogP contribution >= 0.6 is 0 Å². The largest absolute Gasteiger partial charge is 0.465 e. The first-order chi connectivity index (χ1) is 12.7. The summed E-state index contributed by atoms with van der Waals surface area (Å²) in [6.07, 6.45) is 2.04. The Bertz CT molecular complexity index is 757. The highest BCUT2D eigenvalue weighted by Crippen LogP contribution is 2.33. The number of carbonyl (C=O) groups excluding carboxylic acids is 1. The highest BCUT2D eigenvalue weighted by molar-refractivity contribution is 5.89. The number of carbonyl (C=O) groups is 1. The van der Waals surface area contributed by atoms with E-state index in [1.54, 1.807) is 12.1 Å². The fraction of sp³-hybridized carbons (Fsp3) is 0.364. The number of methoxy groups -OCH3 is 1. The zero-order valence-electron chi connectivity index (χ0n) is 15.1. The number of esters is 1. The Morgan fingerprint density at radius 2 is 1.81 bits per heavy atom. The predicted molar refractivity (Wildman–Crippen MR) is 101 cm³/mol. The van der Waals surface area contributed by atoms with Crippen LogP contribution in [0.1, 0.15) is 40.2 Å². The van der Waals surface area contributed by atoms with Gasteiger partial charge in [-0.3, -0.25) is 4.90 Å². The number of piperidine rings is 1. The Morgan fingerprint density at radius 1 is 1.15 bits per heavy atom. The molecule has 1 aliphatic heterocycles. The smallest absolute Gasteiger partial charge is 0.337 e. The molecule has 3 rings (SSSR count). The van der Waals surface area contributed by atoms with Crippen molar-refractivity contribution >= 4 is 5.97 Å². The summed E-state index contributed by atoms with van der Waals surface area (Å²) in [5.41, 5.74) is 2.84. The monoisotopic (exact) mass is 348 g/mol. The Kier molecular flexibility index (Phi) is 6.04. The fourth-order valence-electron chi connectivity index (χ4n) is 3.68. The molecule has 0 spiro atoms. The van der Waals surface area contributed by atoms with Gasteiger partial charge in [0, 0.05) is 6.54 Å². The van der Waals surface area contributed by atoms with Crippen LogP contribution in [0.4, 0.5) is 0 Å². The van der Waals surface area contributed by atoms with E-state index in [-0.39, 0.29) is 11.9 Å². The van der Waals surface area contributed by atoms with Gasteiger partial charge in [-0.05, 0) is 55.1 Å². The van der Waals surface area contributed by atoms with E-state index in [0.717, 1.165) is 38.0 Å². The van der Waals surface area contributed by atoms with E-state index in [9.17, 15) is 10.1 Å². The quantitative estimate of drug-likeness (QED) is 0.767. The number of ether oxygens (including phenoxy) is 1. The molecule has 0 aromatic heterocycles. The van der Waals surface area contributed by atoms with E-state index < -0.39 is 0 Å². The van der Waals surface area contributed by atoms with Crippen LogP contribution in [0.5, 0.6) is 0 Å². The molecule has 1 fully saturated rings. The second-order valence-electron chi connectivity index (χ2n) is 6.82. The van der Waals surface area contributed by atoms with Gasteiger partial charge in [0.05, 0.1) is 24.7 Å². The van der Waals surface area contributed by atoms with E-state index in [2.05, 4.69) is 35.2 Å². The van der Waals surface area contributed by atoms with Gasteiger partial charge >= 0.3 is 5.97 Å². The Labute approximate surface area is 155 Å². The van der Waals surface area contributed by atoms with Gasteiger partial charge in [-0.1, -0.05) is 42.5 Å². The zero-order valence-corrected chi connectivity index (χ0v) is 15.1. The number of hydrogen-bond donors (Lipinski definition) is 0. The lowest BCUT2D eigenvalue weighted by molar-refractivity contribution is 0.0600. The fourth-order valence-corrected chi connectivity index (χ4v) is 3.68. The lowest BCUT2D eigenvalue weighted by atomic mass is 9.80. The molecule has 0 aliphatic carbocycles. The number of hydrogen-bond acceptors (Lipinski definition) is 4. The van der Waals surface area contributed by atoms with E-state index in [1.807, 2.05) is 18.2 Å². The first kappa shape index (κ1) is 18.2. The zero-order chi connectivity index (χ0) is 18.4. The maximum atomic E-state index is 11.6. The highest BCUT2D eigenvalue weighted by atomic mass is 16.5. The van der Waals surface area contributed by atoms with E-state index in [0.29, 0.717) is 11.5 Å². The van der Waals surface area contributed by atoms with Crippen LogP contribution in [0, 0.1) is 17.2 Å². The van der Waals surface area contributed by atoms with Gasteiger partial charge < -0.3 is 4.74 Å². The molecule has 1 unspecified atom stereocenters. The molecule has 0 N–H and O–H groups in total. The second-order valence-corrected chi connectivity index (χ2v) is 6.82. The summed E-state index contributed by atoms with van der Waals surface area (Å²) in [4.78, 5) is 14.0. The maximum absolute atomic E-state index is 11.6. The van der Waals surface area contributed by atoms with Crippen LogP contribution in [0.25, 0.3) is 0 Å². The van der Waals surface area contributed by atoms with Crippen molar-refractivity contribution in [3.8, 4) is 6.07 Å². The third-order valence-corrected chi connectivity index (χ3v) is 5.18. The standard InChI is InChI=1S/C22H24N2O2/c1-26-22(25)20-9-7-18(8-10-20)21(15-23)19-11-13-24(14-12-19)16-17-5-3-2-4-6-17/h2-10,19,21H,11-14,16H2,1H3. The Balaban J connectivity index is 1.60. The van der Waals surface area contributed by atoms with E-state index >= 15 is 0 Å². The van der Waals surface area contributed by atoms with Crippen LogP contribution in [0.3, 0.4) is 0 Å². The first-order valence-corrected chi connectivity index (χ1v) is 9.05. The van der Waals surface area contributed by atoms with Crippen molar-refractivity contribution in [2.75, 3.05) is 20.2 Å². The molecule has 1 saturated heterocycles. The van der Waals surface area contributed by atoms with E-state index in [4.69, 9.17) is 4.74 Å². The summed E-state index contributed by atoms with van der Waals surface area (Å²) in [7, 11) is 1.37. The first-order valence-electron chi connectivity index (χ1n) is 9.05. The van der Waals surface area contributed by atoms with Crippen molar-refractivity contribution in [3.63, 3.8) is 0 Å². The Morgan fingerprint density at radius 3 is 2.38 bits per heavy atom. The second kappa shape index (κ2) is 8.64. The molecular formula is C22H24N2O2. The molecular weight excluding hydrogens is 324 g/mol. The molecule has 2 aromatic rings. The van der Waals surface area contributed by atoms with Gasteiger partial charge in [0.15, 0.2) is 0 Å². The summed E-state index contributed by atoms with van der Waals surface area (Å²) in [5, 5.41) is 9.70. The SMILES string of the molecule is COC(=O)c1ccc(C(C#N)C2CCN(Cc3ccccc3)CC2)cc1. The number of benzene rings is 2. The average molecular weight is 348 g/mol. The Hall–Kier alpha value is -2.64. The van der Waals surface area contributed by atoms with Gasteiger partial charge in [-0.15, -0.1) is 0 Å². The van der Waals surface area contributed by atoms with Crippen LogP contribution in [-0.2, 0) is 11.3 Å². The van der Waals surface area contributed by atoms with Gasteiger partial charge in [-0.2, -0.15) is 5.26 Å². The van der Waals surface area contributed by atoms with Crippen molar-refractivity contribution in [2.45, 2.75) is 25.3 Å². The minimum absolute atomic E-state index is 0.124. The summed E-state index contributed by atoms with van der Waals surface area (Å²) in [6, 6.07) is 20.3. The maximum Gasteiger partial charge on any atom is 0.337 e. The van der Waals surface area contributed by atoms with Crippen molar-refractivity contribution in [1.82, 2.24) is 4.90 Å². The molecule has 1 atom stereocenters. The summed E-state index contributed by atoms with van der Waals surface area (Å²) < 4.78 is 4.73. The van der Waals surface area contributed by atoms with Crippen molar-refractivity contribution < 1.29 is 9.53 Å². The van der Waals surface area contributed by atoms with Gasteiger partial charge in [0.2, 0.25) is 0 Å². The highest BCUT2D eigenvalue weighted by Gasteiger charge is 2.27. The molecule has 26 heavy (non-hydrogen) atoms. The summed E-state index contributed by atoms with van der Waals surface area (Å²) >= 11 is 0. The van der Waals surface area contributed by atoms with Gasteiger partial charge in [-0.25, -0.2) is 4.79 Å². The lowest BCUT2D eigenvalue weighted by Gasteiger charge is -2.34. The molecule has 1 heterocycles. The summed E-state index contributed by atoms with van der Waals surface area (Å²) in [5.74, 6) is -0.115. The topological polar surface area (TPSA) is 53.3 Å². The van der Waals surface area contributed by atoms with E-state index in [1.165, 1.54) is 12.7 Å². The summed E-state index contributed by atoms with van der Waals surface area (Å²) in [6.45, 7) is 2.99. The van der Waals surface area contributed by atoms with Crippen LogP contribution < -0.4 is 0 Å². The molecule has 2 aromatic carbocycles. The number of nitrogens with zero attached hydrogens (tertiary/aromatic N) is 2. The van der Waals surface area contributed by atoms with Crippen LogP contribution in [0.15, 0.2) is 54.6 Å². The number of likely N-dealkylation sites (tertiary alicyclic amines) is 1. The van der Waals surface area contributed by atoms with Gasteiger partial charge in [0.1, 0.15) is 0 Å². The van der Waals surface area contributed by atoms with Crippen molar-refractivity contribution in [2.24, 2.45) is 5.92 Å². The average Bonchev–Trinajstić information content (AvgIpc) is 2.70. The molecule has 1 aliphatic rings. The molecule has 0 bridgehead atoms. The minimum atomic E-state index is -0.348. The third kappa shape index (κ3) is 4.30. The van der Waals surface area contributed by atoms with Crippen molar-refractivity contribution in [1.29, 1.82) is 5.26 Å². The normalized spacial score (nSPS) is 16.6. The number of nitriles is 1. The molecule has 0 amide bonds. The minimum Gasteiger partial charge on any atom is -0.465 e. The molecule has 0 saturated carbocycles. The molecule has 134 valence electrons.